The van der Waals surface area contributed by atoms with Crippen LogP contribution in [0.2, 0.25) is 0 Å². The number of carbonyl (C=O) groups excluding carboxylic acids is 2. The minimum absolute atomic E-state index is 0.133. The van der Waals surface area contributed by atoms with Gasteiger partial charge in [0.15, 0.2) is 11.5 Å². The van der Waals surface area contributed by atoms with Gasteiger partial charge in [0.2, 0.25) is 5.91 Å². The van der Waals surface area contributed by atoms with Crippen molar-refractivity contribution in [3.8, 4) is 11.5 Å². The molecule has 1 aliphatic rings. The molecule has 0 atom stereocenters. The standard InChI is InChI=1S/C20H21N3O4/c1-26-17-8-6-14(12-18(17)27-2)7-9-19(24)22-15-4-3-5-16(13-15)23-11-10-21-20(23)25/h3-9,12-13H,10-11H2,1-2H3,(H,21,25)(H,22,24)/b9-7+. The van der Waals surface area contributed by atoms with E-state index in [0.29, 0.717) is 30.3 Å². The van der Waals surface area contributed by atoms with Gasteiger partial charge in [-0.15, -0.1) is 0 Å². The van der Waals surface area contributed by atoms with Crippen molar-refractivity contribution in [2.45, 2.75) is 0 Å². The normalized spacial score (nSPS) is 13.6. The van der Waals surface area contributed by atoms with E-state index in [2.05, 4.69) is 10.6 Å². The van der Waals surface area contributed by atoms with Crippen molar-refractivity contribution in [3.05, 3.63) is 54.1 Å². The van der Waals surface area contributed by atoms with E-state index in [4.69, 9.17) is 9.47 Å². The minimum Gasteiger partial charge on any atom is -0.493 e. The maximum Gasteiger partial charge on any atom is 0.321 e. The number of ether oxygens (including phenoxy) is 2. The van der Waals surface area contributed by atoms with Gasteiger partial charge in [0.1, 0.15) is 0 Å². The number of carbonyl (C=O) groups is 2. The highest BCUT2D eigenvalue weighted by atomic mass is 16.5. The summed E-state index contributed by atoms with van der Waals surface area (Å²) in [5, 5.41) is 5.56. The number of urea groups is 1. The Morgan fingerprint density at radius 2 is 1.96 bits per heavy atom. The van der Waals surface area contributed by atoms with Gasteiger partial charge in [-0.25, -0.2) is 4.79 Å². The fourth-order valence-electron chi connectivity index (χ4n) is 2.78. The number of methoxy groups -OCH3 is 2. The number of amides is 3. The lowest BCUT2D eigenvalue weighted by molar-refractivity contribution is -0.111. The van der Waals surface area contributed by atoms with Crippen LogP contribution in [0.15, 0.2) is 48.5 Å². The predicted octanol–water partition coefficient (Wildman–Crippen LogP) is 2.89. The summed E-state index contributed by atoms with van der Waals surface area (Å²) in [5.41, 5.74) is 2.17. The quantitative estimate of drug-likeness (QED) is 0.770. The van der Waals surface area contributed by atoms with Gasteiger partial charge in [-0.05, 0) is 42.0 Å². The molecule has 2 N–H and O–H groups in total. The Hall–Kier alpha value is -3.48. The molecule has 27 heavy (non-hydrogen) atoms. The van der Waals surface area contributed by atoms with Crippen molar-refractivity contribution in [3.63, 3.8) is 0 Å². The average Bonchev–Trinajstić information content (AvgIpc) is 3.12. The first-order chi connectivity index (χ1) is 13.1. The Morgan fingerprint density at radius 1 is 1.15 bits per heavy atom. The van der Waals surface area contributed by atoms with E-state index in [-0.39, 0.29) is 11.9 Å². The molecule has 1 heterocycles. The van der Waals surface area contributed by atoms with Gasteiger partial charge < -0.3 is 20.1 Å². The van der Waals surface area contributed by atoms with E-state index in [1.165, 1.54) is 6.08 Å². The van der Waals surface area contributed by atoms with E-state index in [1.54, 1.807) is 55.5 Å². The fraction of sp³-hybridized carbons (Fsp3) is 0.200. The van der Waals surface area contributed by atoms with Gasteiger partial charge in [0, 0.05) is 30.5 Å². The lowest BCUT2D eigenvalue weighted by Crippen LogP contribution is -2.27. The first-order valence-electron chi connectivity index (χ1n) is 8.47. The molecule has 1 saturated heterocycles. The smallest absolute Gasteiger partial charge is 0.321 e. The Bertz CT molecular complexity index is 879. The molecule has 0 spiro atoms. The van der Waals surface area contributed by atoms with E-state index >= 15 is 0 Å². The largest absolute Gasteiger partial charge is 0.493 e. The molecule has 7 heteroatoms. The van der Waals surface area contributed by atoms with Crippen LogP contribution in [0.1, 0.15) is 5.56 Å². The summed E-state index contributed by atoms with van der Waals surface area (Å²) in [7, 11) is 3.13. The summed E-state index contributed by atoms with van der Waals surface area (Å²) >= 11 is 0. The van der Waals surface area contributed by atoms with Crippen molar-refractivity contribution in [1.29, 1.82) is 0 Å². The molecule has 3 amide bonds. The third-order valence-electron chi connectivity index (χ3n) is 4.12. The van der Waals surface area contributed by atoms with Crippen LogP contribution in [-0.2, 0) is 4.79 Å². The molecular weight excluding hydrogens is 346 g/mol. The molecular formula is C20H21N3O4. The van der Waals surface area contributed by atoms with Gasteiger partial charge in [-0.2, -0.15) is 0 Å². The molecule has 0 aliphatic carbocycles. The Labute approximate surface area is 157 Å². The number of nitrogens with one attached hydrogen (secondary N) is 2. The zero-order valence-electron chi connectivity index (χ0n) is 15.2. The molecule has 0 radical (unpaired) electrons. The van der Waals surface area contributed by atoms with Gasteiger partial charge in [-0.1, -0.05) is 12.1 Å². The van der Waals surface area contributed by atoms with Crippen molar-refractivity contribution in [2.24, 2.45) is 0 Å². The van der Waals surface area contributed by atoms with Crippen LogP contribution in [0, 0.1) is 0 Å². The van der Waals surface area contributed by atoms with Crippen LogP contribution in [-0.4, -0.2) is 39.2 Å². The van der Waals surface area contributed by atoms with Crippen molar-refractivity contribution >= 4 is 29.4 Å². The number of benzene rings is 2. The first-order valence-corrected chi connectivity index (χ1v) is 8.47. The summed E-state index contributed by atoms with van der Waals surface area (Å²) in [6.07, 6.45) is 3.13. The number of nitrogens with zero attached hydrogens (tertiary/aromatic N) is 1. The van der Waals surface area contributed by atoms with E-state index < -0.39 is 0 Å². The topological polar surface area (TPSA) is 79.9 Å². The summed E-state index contributed by atoms with van der Waals surface area (Å²) in [5.74, 6) is 0.950. The molecule has 3 rings (SSSR count). The zero-order valence-corrected chi connectivity index (χ0v) is 15.2. The minimum atomic E-state index is -0.271. The number of hydrogen-bond donors (Lipinski definition) is 2. The average molecular weight is 367 g/mol. The molecule has 0 aromatic heterocycles. The molecule has 140 valence electrons. The Kier molecular flexibility index (Phi) is 5.61. The van der Waals surface area contributed by atoms with Crippen molar-refractivity contribution in [1.82, 2.24) is 5.32 Å². The number of anilines is 2. The van der Waals surface area contributed by atoms with Crippen molar-refractivity contribution < 1.29 is 19.1 Å². The maximum atomic E-state index is 12.2. The lowest BCUT2D eigenvalue weighted by atomic mass is 10.2. The Morgan fingerprint density at radius 3 is 2.67 bits per heavy atom. The zero-order chi connectivity index (χ0) is 19.2. The fourth-order valence-corrected chi connectivity index (χ4v) is 2.78. The van der Waals surface area contributed by atoms with Crippen molar-refractivity contribution in [2.75, 3.05) is 37.5 Å². The van der Waals surface area contributed by atoms with Crippen LogP contribution in [0.4, 0.5) is 16.2 Å². The third-order valence-corrected chi connectivity index (χ3v) is 4.12. The van der Waals surface area contributed by atoms with Crippen LogP contribution >= 0.6 is 0 Å². The first kappa shape index (κ1) is 18.3. The molecule has 0 bridgehead atoms. The number of rotatable bonds is 6. The molecule has 1 fully saturated rings. The van der Waals surface area contributed by atoms with Crippen LogP contribution in [0.25, 0.3) is 6.08 Å². The number of hydrogen-bond acceptors (Lipinski definition) is 4. The highest BCUT2D eigenvalue weighted by Crippen LogP contribution is 2.28. The molecule has 2 aromatic rings. The maximum absolute atomic E-state index is 12.2. The molecule has 2 aromatic carbocycles. The second kappa shape index (κ2) is 8.27. The second-order valence-corrected chi connectivity index (χ2v) is 5.87. The predicted molar refractivity (Wildman–Crippen MR) is 104 cm³/mol. The third kappa shape index (κ3) is 4.38. The van der Waals surface area contributed by atoms with Crippen LogP contribution < -0.4 is 25.0 Å². The SMILES string of the molecule is COc1ccc(/C=C/C(=O)Nc2cccc(N3CCNC3=O)c2)cc1OC. The molecule has 1 aliphatic heterocycles. The second-order valence-electron chi connectivity index (χ2n) is 5.87. The summed E-state index contributed by atoms with van der Waals surface area (Å²) in [6.45, 7) is 1.22. The highest BCUT2D eigenvalue weighted by Gasteiger charge is 2.21. The molecule has 0 unspecified atom stereocenters. The monoisotopic (exact) mass is 367 g/mol. The van der Waals surface area contributed by atoms with E-state index in [1.807, 2.05) is 12.1 Å². The van der Waals surface area contributed by atoms with Gasteiger partial charge in [-0.3, -0.25) is 9.69 Å². The van der Waals surface area contributed by atoms with Crippen LogP contribution in [0.3, 0.4) is 0 Å². The Balaban J connectivity index is 1.67. The van der Waals surface area contributed by atoms with Gasteiger partial charge >= 0.3 is 6.03 Å². The molecule has 0 saturated carbocycles. The highest BCUT2D eigenvalue weighted by molar-refractivity contribution is 6.02. The summed E-state index contributed by atoms with van der Waals surface area (Å²) < 4.78 is 10.4. The van der Waals surface area contributed by atoms with E-state index in [9.17, 15) is 9.59 Å². The van der Waals surface area contributed by atoms with Crippen LogP contribution in [0.5, 0.6) is 11.5 Å². The van der Waals surface area contributed by atoms with Gasteiger partial charge in [0.05, 0.1) is 14.2 Å². The summed E-state index contributed by atoms with van der Waals surface area (Å²) in [6, 6.07) is 12.4. The van der Waals surface area contributed by atoms with E-state index in [0.717, 1.165) is 11.3 Å². The summed E-state index contributed by atoms with van der Waals surface area (Å²) in [4.78, 5) is 25.6. The lowest BCUT2D eigenvalue weighted by Gasteiger charge is -2.15. The molecule has 7 nitrogen and oxygen atoms in total. The van der Waals surface area contributed by atoms with Gasteiger partial charge in [0.25, 0.3) is 0 Å².